The van der Waals surface area contributed by atoms with Gasteiger partial charge in [0.1, 0.15) is 6.04 Å². The molecule has 0 amide bonds. The molecule has 1 fully saturated rings. The van der Waals surface area contributed by atoms with Crippen molar-refractivity contribution in [3.63, 3.8) is 0 Å². The number of hydrogen-bond donors (Lipinski definition) is 2. The predicted octanol–water partition coefficient (Wildman–Crippen LogP) is -0.635. The molecule has 0 aromatic carbocycles. The fourth-order valence-corrected chi connectivity index (χ4v) is 1.63. The summed E-state index contributed by atoms with van der Waals surface area (Å²) in [7, 11) is 2.39. The summed E-state index contributed by atoms with van der Waals surface area (Å²) in [6.07, 6.45) is -0.948. The van der Waals surface area contributed by atoms with Crippen molar-refractivity contribution in [1.82, 2.24) is 5.32 Å². The average Bonchev–Trinajstić information content (AvgIpc) is 2.76. The highest BCUT2D eigenvalue weighted by Gasteiger charge is 2.35. The van der Waals surface area contributed by atoms with Gasteiger partial charge in [-0.2, -0.15) is 0 Å². The molecular formula is C9H14N2O6. The molecule has 0 aliphatic carbocycles. The molecule has 96 valence electrons. The predicted molar refractivity (Wildman–Crippen MR) is 55.2 cm³/mol. The zero-order valence-corrected chi connectivity index (χ0v) is 9.50. The molecule has 0 aromatic heterocycles. The number of aliphatic hydroxyl groups is 1. The number of allylic oxidation sites excluding steroid dienone is 1. The van der Waals surface area contributed by atoms with Crippen molar-refractivity contribution >= 4 is 5.97 Å². The second-order valence-corrected chi connectivity index (χ2v) is 3.47. The number of nitrogens with one attached hydrogen (secondary N) is 1. The van der Waals surface area contributed by atoms with Crippen molar-refractivity contribution in [2.24, 2.45) is 0 Å². The molecule has 2 N–H and O–H groups in total. The van der Waals surface area contributed by atoms with Crippen molar-refractivity contribution in [2.75, 3.05) is 14.2 Å². The molecule has 0 radical (unpaired) electrons. The van der Waals surface area contributed by atoms with E-state index in [1.165, 1.54) is 7.11 Å². The van der Waals surface area contributed by atoms with Crippen LogP contribution in [-0.2, 0) is 14.3 Å². The summed E-state index contributed by atoms with van der Waals surface area (Å²) < 4.78 is 9.03. The number of aliphatic hydroxyl groups excluding tert-OH is 1. The highest BCUT2D eigenvalue weighted by Crippen LogP contribution is 2.22. The fraction of sp³-hybridized carbons (Fsp3) is 0.667. The minimum Gasteiger partial charge on any atom is -0.467 e. The molecule has 0 saturated carbocycles. The number of carbonyl (C=O) groups excluding carboxylic acids is 1. The van der Waals surface area contributed by atoms with E-state index in [0.717, 1.165) is 7.11 Å². The second-order valence-electron chi connectivity index (χ2n) is 3.47. The summed E-state index contributed by atoms with van der Waals surface area (Å²) in [6, 6.07) is -0.617. The summed E-state index contributed by atoms with van der Waals surface area (Å²) in [4.78, 5) is 21.3. The maximum atomic E-state index is 11.2. The van der Waals surface area contributed by atoms with Crippen molar-refractivity contribution in [2.45, 2.75) is 25.2 Å². The quantitative estimate of drug-likeness (QED) is 0.294. The normalized spacial score (nSPS) is 23.8. The van der Waals surface area contributed by atoms with Crippen LogP contribution in [0.15, 0.2) is 11.4 Å². The van der Waals surface area contributed by atoms with E-state index in [4.69, 9.17) is 0 Å². The lowest BCUT2D eigenvalue weighted by molar-refractivity contribution is -0.448. The molecule has 1 heterocycles. The Morgan fingerprint density at radius 1 is 1.65 bits per heavy atom. The van der Waals surface area contributed by atoms with E-state index in [0.29, 0.717) is 6.42 Å². The molecule has 0 bridgehead atoms. The highest BCUT2D eigenvalue weighted by atomic mass is 16.6. The minimum absolute atomic E-state index is 0.194. The van der Waals surface area contributed by atoms with Gasteiger partial charge in [0.05, 0.1) is 17.7 Å². The molecule has 1 saturated heterocycles. The number of hydrogen-bond acceptors (Lipinski definition) is 7. The minimum atomic E-state index is -1.62. The molecule has 8 heteroatoms. The van der Waals surface area contributed by atoms with Crippen molar-refractivity contribution < 1.29 is 24.3 Å². The summed E-state index contributed by atoms with van der Waals surface area (Å²) in [6.45, 7) is 0. The van der Waals surface area contributed by atoms with Crippen molar-refractivity contribution in [1.29, 1.82) is 0 Å². The maximum absolute atomic E-state index is 11.2. The lowest BCUT2D eigenvalue weighted by Gasteiger charge is -2.10. The number of carbonyl (C=O) groups is 1. The number of nitrogens with zero attached hydrogens (tertiary/aromatic N) is 1. The first kappa shape index (κ1) is 13.4. The number of nitro groups is 1. The van der Waals surface area contributed by atoms with Gasteiger partial charge in [-0.25, -0.2) is 4.79 Å². The maximum Gasteiger partial charge on any atom is 0.328 e. The zero-order chi connectivity index (χ0) is 13.0. The van der Waals surface area contributed by atoms with E-state index >= 15 is 0 Å². The molecule has 1 aliphatic rings. The van der Waals surface area contributed by atoms with E-state index in [2.05, 4.69) is 14.8 Å². The molecule has 1 rings (SSSR count). The van der Waals surface area contributed by atoms with Gasteiger partial charge >= 0.3 is 11.7 Å². The monoisotopic (exact) mass is 246 g/mol. The van der Waals surface area contributed by atoms with Gasteiger partial charge in [0.15, 0.2) is 0 Å². The Balaban J connectivity index is 2.90. The second kappa shape index (κ2) is 5.60. The molecule has 0 spiro atoms. The lowest BCUT2D eigenvalue weighted by Crippen LogP contribution is -2.33. The Kier molecular flexibility index (Phi) is 4.41. The smallest absolute Gasteiger partial charge is 0.328 e. The number of ether oxygens (including phenoxy) is 2. The van der Waals surface area contributed by atoms with Crippen LogP contribution in [0.4, 0.5) is 0 Å². The Bertz CT molecular complexity index is 353. The summed E-state index contributed by atoms with van der Waals surface area (Å²) in [5.74, 6) is -0.491. The zero-order valence-electron chi connectivity index (χ0n) is 9.50. The van der Waals surface area contributed by atoms with Crippen LogP contribution >= 0.6 is 0 Å². The summed E-state index contributed by atoms with van der Waals surface area (Å²) in [5, 5.41) is 22.8. The van der Waals surface area contributed by atoms with Crippen molar-refractivity contribution in [3.8, 4) is 0 Å². The molecule has 8 nitrogen and oxygen atoms in total. The standard InChI is InChI=1S/C9H14N2O6/c1-16-8(12)6-4-3-5(10-6)7(11(14)15)9(13)17-2/h6,9-10,13H,3-4H2,1-2H3/t6-,9?/m1/s1. The van der Waals surface area contributed by atoms with E-state index < -0.39 is 28.9 Å². The molecule has 1 aliphatic heterocycles. The van der Waals surface area contributed by atoms with Gasteiger partial charge in [0, 0.05) is 7.11 Å². The Morgan fingerprint density at radius 3 is 2.76 bits per heavy atom. The Labute approximate surface area is 97.3 Å². The van der Waals surface area contributed by atoms with E-state index in [1.54, 1.807) is 0 Å². The van der Waals surface area contributed by atoms with Crippen LogP contribution in [0.2, 0.25) is 0 Å². The molecule has 0 aromatic rings. The topological polar surface area (TPSA) is 111 Å². The van der Waals surface area contributed by atoms with Crippen LogP contribution in [-0.4, -0.2) is 42.6 Å². The van der Waals surface area contributed by atoms with Gasteiger partial charge in [0.25, 0.3) is 0 Å². The summed E-state index contributed by atoms with van der Waals surface area (Å²) in [5.41, 5.74) is -0.279. The van der Waals surface area contributed by atoms with Crippen molar-refractivity contribution in [3.05, 3.63) is 21.5 Å². The SMILES string of the molecule is COC(=O)[C@H]1CCC(=C(C(O)OC)[N+](=O)[O-])N1. The van der Waals surface area contributed by atoms with E-state index in [1.807, 2.05) is 0 Å². The fourth-order valence-electron chi connectivity index (χ4n) is 1.63. The number of esters is 1. The van der Waals surface area contributed by atoms with Crippen LogP contribution in [0.3, 0.4) is 0 Å². The molecule has 2 atom stereocenters. The van der Waals surface area contributed by atoms with Gasteiger partial charge in [-0.3, -0.25) is 10.1 Å². The molecular weight excluding hydrogens is 232 g/mol. The number of rotatable bonds is 4. The molecule has 1 unspecified atom stereocenters. The first-order chi connectivity index (χ1) is 8.01. The van der Waals surface area contributed by atoms with Crippen LogP contribution < -0.4 is 5.32 Å². The Hall–Kier alpha value is -1.67. The van der Waals surface area contributed by atoms with Gasteiger partial charge in [-0.15, -0.1) is 0 Å². The average molecular weight is 246 g/mol. The van der Waals surface area contributed by atoms with E-state index in [9.17, 15) is 20.0 Å². The lowest BCUT2D eigenvalue weighted by atomic mass is 10.2. The third-order valence-electron chi connectivity index (χ3n) is 2.48. The van der Waals surface area contributed by atoms with Crippen LogP contribution in [0.5, 0.6) is 0 Å². The third-order valence-corrected chi connectivity index (χ3v) is 2.48. The van der Waals surface area contributed by atoms with E-state index in [-0.39, 0.29) is 12.1 Å². The number of methoxy groups -OCH3 is 2. The summed E-state index contributed by atoms with van der Waals surface area (Å²) >= 11 is 0. The van der Waals surface area contributed by atoms with Crippen LogP contribution in [0.1, 0.15) is 12.8 Å². The molecule has 17 heavy (non-hydrogen) atoms. The van der Waals surface area contributed by atoms with Crippen LogP contribution in [0.25, 0.3) is 0 Å². The van der Waals surface area contributed by atoms with Gasteiger partial charge in [-0.05, 0) is 12.8 Å². The Morgan fingerprint density at radius 2 is 2.29 bits per heavy atom. The largest absolute Gasteiger partial charge is 0.467 e. The van der Waals surface area contributed by atoms with Gasteiger partial charge < -0.3 is 19.9 Å². The van der Waals surface area contributed by atoms with Gasteiger partial charge in [-0.1, -0.05) is 0 Å². The van der Waals surface area contributed by atoms with Crippen LogP contribution in [0, 0.1) is 10.1 Å². The first-order valence-electron chi connectivity index (χ1n) is 4.94. The first-order valence-corrected chi connectivity index (χ1v) is 4.94. The van der Waals surface area contributed by atoms with Gasteiger partial charge in [0.2, 0.25) is 6.29 Å². The third kappa shape index (κ3) is 2.92. The highest BCUT2D eigenvalue weighted by molar-refractivity contribution is 5.76.